The van der Waals surface area contributed by atoms with Crippen molar-refractivity contribution in [1.29, 1.82) is 5.26 Å². The number of anilines is 1. The Labute approximate surface area is 141 Å². The second-order valence-corrected chi connectivity index (χ2v) is 6.05. The van der Waals surface area contributed by atoms with E-state index >= 15 is 0 Å². The van der Waals surface area contributed by atoms with Crippen LogP contribution in [0, 0.1) is 11.3 Å². The summed E-state index contributed by atoms with van der Waals surface area (Å²) in [6.07, 6.45) is 1.32. The standard InChI is InChI=1S/C17H22N4O3/c1-11(2)19-17(24)12-5-6-14(13(8-12)9-18)20-15-4-3-7-21(15)16(23)10-22/h5-6,8,11,15,20,22H,3-4,7,10H2,1-2H3,(H,19,24). The van der Waals surface area contributed by atoms with Crippen LogP contribution in [0.15, 0.2) is 18.2 Å². The van der Waals surface area contributed by atoms with Crippen LogP contribution in [0.25, 0.3) is 0 Å². The van der Waals surface area contributed by atoms with E-state index in [1.54, 1.807) is 17.0 Å². The molecule has 1 aromatic carbocycles. The minimum Gasteiger partial charge on any atom is -0.387 e. The molecule has 1 saturated heterocycles. The summed E-state index contributed by atoms with van der Waals surface area (Å²) in [4.78, 5) is 25.3. The first-order valence-electron chi connectivity index (χ1n) is 7.98. The molecule has 2 amide bonds. The second kappa shape index (κ2) is 7.79. The second-order valence-electron chi connectivity index (χ2n) is 6.05. The van der Waals surface area contributed by atoms with Gasteiger partial charge in [-0.15, -0.1) is 0 Å². The van der Waals surface area contributed by atoms with E-state index in [4.69, 9.17) is 5.11 Å². The highest BCUT2D eigenvalue weighted by atomic mass is 16.3. The average molecular weight is 330 g/mol. The lowest BCUT2D eigenvalue weighted by Crippen LogP contribution is -2.41. The first-order valence-corrected chi connectivity index (χ1v) is 7.98. The van der Waals surface area contributed by atoms with Gasteiger partial charge in [-0.05, 0) is 44.9 Å². The van der Waals surface area contributed by atoms with Crippen molar-refractivity contribution in [1.82, 2.24) is 10.2 Å². The number of benzene rings is 1. The largest absolute Gasteiger partial charge is 0.387 e. The van der Waals surface area contributed by atoms with Gasteiger partial charge >= 0.3 is 0 Å². The number of hydrogen-bond donors (Lipinski definition) is 3. The van der Waals surface area contributed by atoms with Gasteiger partial charge in [0.1, 0.15) is 18.8 Å². The highest BCUT2D eigenvalue weighted by Crippen LogP contribution is 2.23. The van der Waals surface area contributed by atoms with Gasteiger partial charge in [-0.2, -0.15) is 5.26 Å². The molecule has 2 rings (SSSR count). The Kier molecular flexibility index (Phi) is 5.77. The van der Waals surface area contributed by atoms with Gasteiger partial charge in [0.05, 0.1) is 11.3 Å². The Balaban J connectivity index is 2.18. The van der Waals surface area contributed by atoms with Gasteiger partial charge in [-0.1, -0.05) is 0 Å². The summed E-state index contributed by atoms with van der Waals surface area (Å²) < 4.78 is 0. The van der Waals surface area contributed by atoms with E-state index in [0.717, 1.165) is 12.8 Å². The molecule has 1 aromatic rings. The number of rotatable bonds is 5. The summed E-state index contributed by atoms with van der Waals surface area (Å²) in [5, 5.41) is 24.3. The van der Waals surface area contributed by atoms with Gasteiger partial charge in [0.25, 0.3) is 5.91 Å². The SMILES string of the molecule is CC(C)NC(=O)c1ccc(NC2CCCN2C(=O)CO)c(C#N)c1. The molecule has 1 fully saturated rings. The number of aliphatic hydroxyl groups is 1. The quantitative estimate of drug-likeness (QED) is 0.748. The number of likely N-dealkylation sites (tertiary alicyclic amines) is 1. The molecule has 7 nitrogen and oxygen atoms in total. The molecule has 0 radical (unpaired) electrons. The van der Waals surface area contributed by atoms with Crippen molar-refractivity contribution in [3.8, 4) is 6.07 Å². The number of carbonyl (C=O) groups excluding carboxylic acids is 2. The number of nitrogens with zero attached hydrogens (tertiary/aromatic N) is 2. The highest BCUT2D eigenvalue weighted by Gasteiger charge is 2.28. The van der Waals surface area contributed by atoms with Gasteiger partial charge < -0.3 is 20.6 Å². The lowest BCUT2D eigenvalue weighted by atomic mass is 10.1. The van der Waals surface area contributed by atoms with Gasteiger partial charge in [0.2, 0.25) is 5.91 Å². The summed E-state index contributed by atoms with van der Waals surface area (Å²) in [5.41, 5.74) is 1.33. The van der Waals surface area contributed by atoms with E-state index < -0.39 is 6.61 Å². The van der Waals surface area contributed by atoms with Crippen LogP contribution in [0.4, 0.5) is 5.69 Å². The Hall–Kier alpha value is -2.59. The molecule has 0 bridgehead atoms. The molecule has 1 aliphatic rings. The molecule has 1 heterocycles. The fraction of sp³-hybridized carbons (Fsp3) is 0.471. The van der Waals surface area contributed by atoms with Crippen molar-refractivity contribution in [2.75, 3.05) is 18.5 Å². The van der Waals surface area contributed by atoms with E-state index in [1.165, 1.54) is 6.07 Å². The normalized spacial score (nSPS) is 16.8. The maximum Gasteiger partial charge on any atom is 0.251 e. The third kappa shape index (κ3) is 4.03. The molecule has 1 aliphatic heterocycles. The number of amides is 2. The zero-order valence-electron chi connectivity index (χ0n) is 13.9. The summed E-state index contributed by atoms with van der Waals surface area (Å²) >= 11 is 0. The van der Waals surface area contributed by atoms with Gasteiger partial charge in [-0.25, -0.2) is 0 Å². The summed E-state index contributed by atoms with van der Waals surface area (Å²) in [7, 11) is 0. The molecule has 0 saturated carbocycles. The van der Waals surface area contributed by atoms with Crippen molar-refractivity contribution in [3.63, 3.8) is 0 Å². The van der Waals surface area contributed by atoms with Gasteiger partial charge in [-0.3, -0.25) is 9.59 Å². The predicted molar refractivity (Wildman–Crippen MR) is 89.2 cm³/mol. The molecule has 128 valence electrons. The summed E-state index contributed by atoms with van der Waals surface area (Å²) in [6.45, 7) is 3.78. The molecule has 24 heavy (non-hydrogen) atoms. The minimum absolute atomic E-state index is 0.0115. The molecule has 3 N–H and O–H groups in total. The van der Waals surface area contributed by atoms with Crippen LogP contribution in [-0.4, -0.2) is 47.2 Å². The maximum atomic E-state index is 12.0. The molecule has 1 unspecified atom stereocenters. The van der Waals surface area contributed by atoms with E-state index in [-0.39, 0.29) is 24.0 Å². The van der Waals surface area contributed by atoms with E-state index in [1.807, 2.05) is 13.8 Å². The Bertz CT molecular complexity index is 666. The summed E-state index contributed by atoms with van der Waals surface area (Å²) in [6, 6.07) is 6.95. The van der Waals surface area contributed by atoms with Gasteiger partial charge in [0.15, 0.2) is 0 Å². The number of aliphatic hydroxyl groups excluding tert-OH is 1. The van der Waals surface area contributed by atoms with E-state index in [0.29, 0.717) is 23.4 Å². The summed E-state index contributed by atoms with van der Waals surface area (Å²) in [5.74, 6) is -0.567. The first kappa shape index (κ1) is 17.8. The fourth-order valence-electron chi connectivity index (χ4n) is 2.73. The molecule has 0 spiro atoms. The third-order valence-corrected chi connectivity index (χ3v) is 3.85. The number of carbonyl (C=O) groups is 2. The predicted octanol–water partition coefficient (Wildman–Crippen LogP) is 1.05. The van der Waals surface area contributed by atoms with Crippen LogP contribution in [0.5, 0.6) is 0 Å². The van der Waals surface area contributed by atoms with Crippen molar-refractivity contribution in [2.45, 2.75) is 38.9 Å². The van der Waals surface area contributed by atoms with Crippen LogP contribution in [0.1, 0.15) is 42.6 Å². The van der Waals surface area contributed by atoms with Crippen molar-refractivity contribution in [2.24, 2.45) is 0 Å². The average Bonchev–Trinajstić information content (AvgIpc) is 3.02. The lowest BCUT2D eigenvalue weighted by Gasteiger charge is -2.26. The minimum atomic E-state index is -0.530. The topological polar surface area (TPSA) is 105 Å². The maximum absolute atomic E-state index is 12.0. The van der Waals surface area contributed by atoms with E-state index in [9.17, 15) is 14.9 Å². The molecular weight excluding hydrogens is 308 g/mol. The van der Waals surface area contributed by atoms with E-state index in [2.05, 4.69) is 16.7 Å². The Morgan fingerprint density at radius 3 is 2.83 bits per heavy atom. The first-order chi connectivity index (χ1) is 11.5. The van der Waals surface area contributed by atoms with Crippen LogP contribution < -0.4 is 10.6 Å². The van der Waals surface area contributed by atoms with Crippen molar-refractivity contribution >= 4 is 17.5 Å². The lowest BCUT2D eigenvalue weighted by molar-refractivity contribution is -0.134. The van der Waals surface area contributed by atoms with Crippen molar-refractivity contribution < 1.29 is 14.7 Å². The number of hydrogen-bond acceptors (Lipinski definition) is 5. The number of nitrogens with one attached hydrogen (secondary N) is 2. The smallest absolute Gasteiger partial charge is 0.251 e. The fourth-order valence-corrected chi connectivity index (χ4v) is 2.73. The molecular formula is C17H22N4O3. The molecule has 0 aliphatic carbocycles. The third-order valence-electron chi connectivity index (χ3n) is 3.85. The molecule has 1 atom stereocenters. The zero-order chi connectivity index (χ0) is 17.7. The van der Waals surface area contributed by atoms with Crippen LogP contribution in [-0.2, 0) is 4.79 Å². The van der Waals surface area contributed by atoms with Crippen molar-refractivity contribution in [3.05, 3.63) is 29.3 Å². The molecule has 7 heteroatoms. The zero-order valence-corrected chi connectivity index (χ0v) is 13.9. The molecule has 0 aromatic heterocycles. The monoisotopic (exact) mass is 330 g/mol. The van der Waals surface area contributed by atoms with Crippen LogP contribution >= 0.6 is 0 Å². The van der Waals surface area contributed by atoms with Crippen LogP contribution in [0.2, 0.25) is 0 Å². The van der Waals surface area contributed by atoms with Gasteiger partial charge in [0, 0.05) is 18.2 Å². The number of nitriles is 1. The highest BCUT2D eigenvalue weighted by molar-refractivity contribution is 5.95. The Morgan fingerprint density at radius 2 is 2.21 bits per heavy atom. The Morgan fingerprint density at radius 1 is 1.46 bits per heavy atom. The van der Waals surface area contributed by atoms with Crippen LogP contribution in [0.3, 0.4) is 0 Å².